The summed E-state index contributed by atoms with van der Waals surface area (Å²) >= 11 is 0. The second-order valence-corrected chi connectivity index (χ2v) is 6.46. The minimum Gasteiger partial charge on any atom is -0.453 e. The van der Waals surface area contributed by atoms with Gasteiger partial charge in [-0.3, -0.25) is 9.59 Å². The maximum absolute atomic E-state index is 12.7. The SMILES string of the molecule is COC(=O)N1CC2C=CC1C(C(=O)ON1C(=O)c3ccccc3C1=O)C2. The monoisotopic (exact) mass is 356 g/mol. The normalized spacial score (nSPS) is 26.1. The summed E-state index contributed by atoms with van der Waals surface area (Å²) in [5, 5.41) is 0.501. The molecular formula is C18H16N2O6. The summed E-state index contributed by atoms with van der Waals surface area (Å²) in [7, 11) is 1.28. The number of hydroxylamine groups is 2. The lowest BCUT2D eigenvalue weighted by molar-refractivity contribution is -0.177. The molecule has 1 aromatic carbocycles. The number of fused-ring (bicyclic) bond motifs is 3. The van der Waals surface area contributed by atoms with Crippen LogP contribution in [-0.4, -0.2) is 53.5 Å². The zero-order valence-corrected chi connectivity index (χ0v) is 14.0. The highest BCUT2D eigenvalue weighted by atomic mass is 16.7. The quantitative estimate of drug-likeness (QED) is 0.587. The second kappa shape index (κ2) is 5.98. The third-order valence-electron chi connectivity index (χ3n) is 4.99. The van der Waals surface area contributed by atoms with Crippen LogP contribution in [0.3, 0.4) is 0 Å². The van der Waals surface area contributed by atoms with E-state index in [0.717, 1.165) is 0 Å². The van der Waals surface area contributed by atoms with Crippen molar-refractivity contribution in [3.63, 3.8) is 0 Å². The number of methoxy groups -OCH3 is 1. The number of rotatable bonds is 2. The van der Waals surface area contributed by atoms with Crippen LogP contribution < -0.4 is 0 Å². The van der Waals surface area contributed by atoms with Gasteiger partial charge >= 0.3 is 12.1 Å². The van der Waals surface area contributed by atoms with Crippen LogP contribution in [-0.2, 0) is 14.4 Å². The van der Waals surface area contributed by atoms with Crippen LogP contribution in [0.15, 0.2) is 36.4 Å². The van der Waals surface area contributed by atoms with E-state index >= 15 is 0 Å². The van der Waals surface area contributed by atoms with Gasteiger partial charge in [0.1, 0.15) is 0 Å². The van der Waals surface area contributed by atoms with E-state index < -0.39 is 35.8 Å². The average Bonchev–Trinajstić information content (AvgIpc) is 2.92. The molecule has 4 aliphatic rings. The fraction of sp³-hybridized carbons (Fsp3) is 0.333. The molecule has 3 unspecified atom stereocenters. The molecule has 1 fully saturated rings. The number of hydrogen-bond acceptors (Lipinski definition) is 6. The first-order chi connectivity index (χ1) is 12.5. The van der Waals surface area contributed by atoms with E-state index in [9.17, 15) is 19.2 Å². The van der Waals surface area contributed by atoms with E-state index in [1.807, 2.05) is 6.08 Å². The highest BCUT2D eigenvalue weighted by molar-refractivity contribution is 6.20. The van der Waals surface area contributed by atoms with Crippen molar-refractivity contribution in [2.24, 2.45) is 11.8 Å². The summed E-state index contributed by atoms with van der Waals surface area (Å²) in [4.78, 5) is 55.9. The van der Waals surface area contributed by atoms with Gasteiger partial charge in [-0.15, -0.1) is 0 Å². The second-order valence-electron chi connectivity index (χ2n) is 6.46. The van der Waals surface area contributed by atoms with Crippen LogP contribution in [0, 0.1) is 11.8 Å². The fourth-order valence-electron chi connectivity index (χ4n) is 3.74. The van der Waals surface area contributed by atoms with Gasteiger partial charge in [-0.05, 0) is 24.5 Å². The van der Waals surface area contributed by atoms with Gasteiger partial charge in [0.2, 0.25) is 0 Å². The molecule has 134 valence electrons. The van der Waals surface area contributed by atoms with Gasteiger partial charge in [0.25, 0.3) is 11.8 Å². The maximum Gasteiger partial charge on any atom is 0.410 e. The molecule has 0 radical (unpaired) electrons. The standard InChI is InChI=1S/C18H16N2O6/c1-25-18(24)19-9-10-6-7-14(19)13(8-10)17(23)26-20-15(21)11-4-2-3-5-12(11)16(20)22/h2-7,10,13-14H,8-9H2,1H3. The summed E-state index contributed by atoms with van der Waals surface area (Å²) in [6.45, 7) is 0.463. The lowest BCUT2D eigenvalue weighted by Gasteiger charge is -2.44. The molecule has 5 rings (SSSR count). The molecule has 2 bridgehead atoms. The predicted octanol–water partition coefficient (Wildman–Crippen LogP) is 1.38. The predicted molar refractivity (Wildman–Crippen MR) is 86.7 cm³/mol. The van der Waals surface area contributed by atoms with Crippen LogP contribution in [0.25, 0.3) is 0 Å². The van der Waals surface area contributed by atoms with E-state index in [4.69, 9.17) is 9.57 Å². The molecule has 8 heteroatoms. The Bertz CT molecular complexity index is 813. The Morgan fingerprint density at radius 3 is 2.31 bits per heavy atom. The molecule has 8 nitrogen and oxygen atoms in total. The zero-order chi connectivity index (χ0) is 18.4. The number of carbonyl (C=O) groups is 4. The largest absolute Gasteiger partial charge is 0.453 e. The first kappa shape index (κ1) is 16.3. The molecule has 1 saturated heterocycles. The number of carbonyl (C=O) groups excluding carboxylic acids is 4. The Morgan fingerprint density at radius 1 is 1.08 bits per heavy atom. The maximum atomic E-state index is 12.7. The van der Waals surface area contributed by atoms with Crippen molar-refractivity contribution in [2.75, 3.05) is 13.7 Å². The minimum absolute atomic E-state index is 0.00108. The summed E-state index contributed by atoms with van der Waals surface area (Å²) < 4.78 is 4.76. The van der Waals surface area contributed by atoms with Gasteiger partial charge in [-0.25, -0.2) is 9.59 Å². The molecule has 0 aromatic heterocycles. The molecule has 3 heterocycles. The van der Waals surface area contributed by atoms with Gasteiger partial charge in [0, 0.05) is 6.54 Å². The topological polar surface area (TPSA) is 93.2 Å². The number of amides is 3. The fourth-order valence-corrected chi connectivity index (χ4v) is 3.74. The molecule has 3 atom stereocenters. The van der Waals surface area contributed by atoms with Crippen LogP contribution in [0.5, 0.6) is 0 Å². The van der Waals surface area contributed by atoms with E-state index in [-0.39, 0.29) is 17.0 Å². The molecular weight excluding hydrogens is 340 g/mol. The molecule has 3 amide bonds. The van der Waals surface area contributed by atoms with E-state index in [2.05, 4.69) is 0 Å². The van der Waals surface area contributed by atoms with Gasteiger partial charge in [0.15, 0.2) is 0 Å². The van der Waals surface area contributed by atoms with Crippen molar-refractivity contribution < 1.29 is 28.8 Å². The lowest BCUT2D eigenvalue weighted by Crippen LogP contribution is -2.55. The van der Waals surface area contributed by atoms with Crippen LogP contribution in [0.2, 0.25) is 0 Å². The van der Waals surface area contributed by atoms with E-state index in [1.165, 1.54) is 24.1 Å². The zero-order valence-electron chi connectivity index (χ0n) is 14.0. The molecule has 26 heavy (non-hydrogen) atoms. The first-order valence-electron chi connectivity index (χ1n) is 8.23. The highest BCUT2D eigenvalue weighted by Crippen LogP contribution is 2.36. The van der Waals surface area contributed by atoms with E-state index in [0.29, 0.717) is 18.0 Å². The summed E-state index contributed by atoms with van der Waals surface area (Å²) in [5.74, 6) is -2.71. The molecule has 3 aliphatic heterocycles. The smallest absolute Gasteiger partial charge is 0.410 e. The van der Waals surface area contributed by atoms with Crippen LogP contribution >= 0.6 is 0 Å². The van der Waals surface area contributed by atoms with Crippen LogP contribution in [0.1, 0.15) is 27.1 Å². The number of ether oxygens (including phenoxy) is 1. The summed E-state index contributed by atoms with van der Waals surface area (Å²) in [6, 6.07) is 5.76. The summed E-state index contributed by atoms with van der Waals surface area (Å²) in [6.07, 6.45) is 3.68. The van der Waals surface area contributed by atoms with Crippen molar-refractivity contribution in [1.82, 2.24) is 9.96 Å². The van der Waals surface area contributed by atoms with Gasteiger partial charge in [-0.1, -0.05) is 29.3 Å². The number of piperidine rings is 1. The van der Waals surface area contributed by atoms with Crippen molar-refractivity contribution in [1.29, 1.82) is 0 Å². The Balaban J connectivity index is 1.53. The summed E-state index contributed by atoms with van der Waals surface area (Å²) in [5.41, 5.74) is 0.401. The third kappa shape index (κ3) is 2.37. The lowest BCUT2D eigenvalue weighted by atomic mass is 9.78. The highest BCUT2D eigenvalue weighted by Gasteiger charge is 2.47. The Labute approximate surface area is 148 Å². The van der Waals surface area contributed by atoms with Crippen molar-refractivity contribution in [3.05, 3.63) is 47.5 Å². The van der Waals surface area contributed by atoms with Crippen molar-refractivity contribution in [2.45, 2.75) is 12.5 Å². The van der Waals surface area contributed by atoms with Gasteiger partial charge in [-0.2, -0.15) is 0 Å². The first-order valence-corrected chi connectivity index (χ1v) is 8.23. The third-order valence-corrected chi connectivity index (χ3v) is 4.99. The van der Waals surface area contributed by atoms with Gasteiger partial charge in [0.05, 0.1) is 30.2 Å². The Kier molecular flexibility index (Phi) is 3.75. The van der Waals surface area contributed by atoms with Gasteiger partial charge < -0.3 is 14.5 Å². The number of benzene rings is 1. The Morgan fingerprint density at radius 2 is 1.73 bits per heavy atom. The van der Waals surface area contributed by atoms with Crippen molar-refractivity contribution >= 4 is 23.9 Å². The molecule has 1 aromatic rings. The number of imide groups is 1. The van der Waals surface area contributed by atoms with Crippen molar-refractivity contribution in [3.8, 4) is 0 Å². The van der Waals surface area contributed by atoms with E-state index in [1.54, 1.807) is 18.2 Å². The Hall–Kier alpha value is -3.16. The number of nitrogens with zero attached hydrogens (tertiary/aromatic N) is 2. The van der Waals surface area contributed by atoms with Crippen LogP contribution in [0.4, 0.5) is 4.79 Å². The molecule has 0 spiro atoms. The molecule has 0 N–H and O–H groups in total. The average molecular weight is 356 g/mol. The molecule has 0 saturated carbocycles. The minimum atomic E-state index is -0.715. The number of hydrogen-bond donors (Lipinski definition) is 0. The molecule has 1 aliphatic carbocycles.